The molecule has 0 aliphatic carbocycles. The number of nitrogens with zero attached hydrogens (tertiary/aromatic N) is 1. The summed E-state index contributed by atoms with van der Waals surface area (Å²) in [4.78, 5) is 14.1. The van der Waals surface area contributed by atoms with Crippen molar-refractivity contribution in [1.82, 2.24) is 4.90 Å². The van der Waals surface area contributed by atoms with Crippen molar-refractivity contribution < 1.29 is 13.9 Å². The van der Waals surface area contributed by atoms with E-state index < -0.39 is 11.8 Å². The first-order valence-electron chi connectivity index (χ1n) is 7.00. The number of likely N-dealkylation sites (tertiary alicyclic amines) is 1. The van der Waals surface area contributed by atoms with Gasteiger partial charge in [-0.3, -0.25) is 0 Å². The van der Waals surface area contributed by atoms with E-state index >= 15 is 0 Å². The van der Waals surface area contributed by atoms with Crippen molar-refractivity contribution in [1.29, 1.82) is 0 Å². The van der Waals surface area contributed by atoms with Crippen LogP contribution in [0.5, 0.6) is 0 Å². The van der Waals surface area contributed by atoms with E-state index in [0.717, 1.165) is 32.5 Å². The number of ether oxygens (including phenoxy) is 1. The Labute approximate surface area is 118 Å². The molecule has 1 aromatic carbocycles. The number of methoxy groups -OCH3 is 1. The molecule has 5 heteroatoms. The molecule has 20 heavy (non-hydrogen) atoms. The fraction of sp³-hybridized carbons (Fsp3) is 0.533. The Morgan fingerprint density at radius 2 is 2.15 bits per heavy atom. The summed E-state index contributed by atoms with van der Waals surface area (Å²) in [7, 11) is 1.30. The number of anilines is 1. The van der Waals surface area contributed by atoms with Crippen molar-refractivity contribution in [2.45, 2.75) is 25.8 Å². The number of nitrogens with one attached hydrogen (secondary N) is 1. The summed E-state index contributed by atoms with van der Waals surface area (Å²) in [5, 5.41) is 3.34. The van der Waals surface area contributed by atoms with Crippen LogP contribution in [0.4, 0.5) is 10.1 Å². The molecule has 0 atom stereocenters. The first kappa shape index (κ1) is 14.8. The molecule has 1 N–H and O–H groups in total. The fourth-order valence-corrected chi connectivity index (χ4v) is 2.53. The first-order chi connectivity index (χ1) is 9.63. The maximum Gasteiger partial charge on any atom is 0.340 e. The smallest absolute Gasteiger partial charge is 0.340 e. The highest BCUT2D eigenvalue weighted by atomic mass is 19.1. The molecule has 0 aromatic heterocycles. The molecule has 1 aliphatic heterocycles. The van der Waals surface area contributed by atoms with Gasteiger partial charge < -0.3 is 15.0 Å². The van der Waals surface area contributed by atoms with Crippen LogP contribution in [0.25, 0.3) is 0 Å². The molecule has 1 aromatic rings. The minimum Gasteiger partial charge on any atom is -0.465 e. The Hall–Kier alpha value is -1.62. The van der Waals surface area contributed by atoms with Crippen molar-refractivity contribution >= 4 is 11.7 Å². The second-order valence-corrected chi connectivity index (χ2v) is 5.03. The SMILES string of the molecule is CCN1CCC(Nc2ccc(F)cc2C(=O)OC)CC1. The predicted octanol–water partition coefficient (Wildman–Crippen LogP) is 2.51. The number of rotatable bonds is 4. The average Bonchev–Trinajstić information content (AvgIpc) is 2.49. The number of halogens is 1. The van der Waals surface area contributed by atoms with Crippen LogP contribution in [0.3, 0.4) is 0 Å². The minimum absolute atomic E-state index is 0.255. The molecule has 2 rings (SSSR count). The van der Waals surface area contributed by atoms with E-state index in [9.17, 15) is 9.18 Å². The number of hydrogen-bond acceptors (Lipinski definition) is 4. The van der Waals surface area contributed by atoms with E-state index in [-0.39, 0.29) is 5.56 Å². The number of carbonyl (C=O) groups is 1. The molecule has 4 nitrogen and oxygen atoms in total. The largest absolute Gasteiger partial charge is 0.465 e. The lowest BCUT2D eigenvalue weighted by Gasteiger charge is -2.32. The third-order valence-corrected chi connectivity index (χ3v) is 3.78. The van der Waals surface area contributed by atoms with Gasteiger partial charge in [0.15, 0.2) is 0 Å². The quantitative estimate of drug-likeness (QED) is 0.861. The van der Waals surface area contributed by atoms with Gasteiger partial charge in [-0.15, -0.1) is 0 Å². The van der Waals surface area contributed by atoms with E-state index in [0.29, 0.717) is 11.7 Å². The highest BCUT2D eigenvalue weighted by molar-refractivity contribution is 5.95. The van der Waals surface area contributed by atoms with Crippen molar-refractivity contribution in [2.75, 3.05) is 32.1 Å². The average molecular weight is 280 g/mol. The second-order valence-electron chi connectivity index (χ2n) is 5.03. The number of piperidine rings is 1. The summed E-state index contributed by atoms with van der Waals surface area (Å²) in [6.45, 7) is 5.31. The summed E-state index contributed by atoms with van der Waals surface area (Å²) < 4.78 is 18.0. The van der Waals surface area contributed by atoms with Gasteiger partial charge in [0.1, 0.15) is 5.82 Å². The molecule has 1 fully saturated rings. The summed E-state index contributed by atoms with van der Waals surface area (Å²) >= 11 is 0. The van der Waals surface area contributed by atoms with E-state index in [4.69, 9.17) is 4.74 Å². The Balaban J connectivity index is 2.07. The van der Waals surface area contributed by atoms with Crippen LogP contribution in [0.2, 0.25) is 0 Å². The maximum atomic E-state index is 13.3. The summed E-state index contributed by atoms with van der Waals surface area (Å²) in [5.74, 6) is -0.949. The number of carbonyl (C=O) groups excluding carboxylic acids is 1. The zero-order valence-electron chi connectivity index (χ0n) is 12.0. The van der Waals surface area contributed by atoms with E-state index in [1.165, 1.54) is 19.2 Å². The molecular weight excluding hydrogens is 259 g/mol. The van der Waals surface area contributed by atoms with Gasteiger partial charge >= 0.3 is 5.97 Å². The van der Waals surface area contributed by atoms with Crippen LogP contribution in [0, 0.1) is 5.82 Å². The lowest BCUT2D eigenvalue weighted by molar-refractivity contribution is 0.0601. The lowest BCUT2D eigenvalue weighted by atomic mass is 10.0. The third kappa shape index (κ3) is 3.48. The van der Waals surface area contributed by atoms with Crippen molar-refractivity contribution in [3.63, 3.8) is 0 Å². The van der Waals surface area contributed by atoms with Gasteiger partial charge in [-0.1, -0.05) is 6.92 Å². The Bertz CT molecular complexity index is 471. The van der Waals surface area contributed by atoms with Crippen LogP contribution < -0.4 is 5.32 Å². The zero-order valence-corrected chi connectivity index (χ0v) is 12.0. The third-order valence-electron chi connectivity index (χ3n) is 3.78. The lowest BCUT2D eigenvalue weighted by Crippen LogP contribution is -2.39. The molecule has 0 bridgehead atoms. The molecule has 0 spiro atoms. The molecule has 1 aliphatic rings. The molecule has 1 saturated heterocycles. The van der Waals surface area contributed by atoms with Crippen LogP contribution >= 0.6 is 0 Å². The van der Waals surface area contributed by atoms with Crippen LogP contribution in [-0.2, 0) is 4.74 Å². The Kier molecular flexibility index (Phi) is 4.95. The topological polar surface area (TPSA) is 41.6 Å². The zero-order chi connectivity index (χ0) is 14.5. The minimum atomic E-state index is -0.516. The normalized spacial score (nSPS) is 16.9. The Morgan fingerprint density at radius 1 is 1.45 bits per heavy atom. The molecule has 0 amide bonds. The van der Waals surface area contributed by atoms with Crippen molar-refractivity contribution in [3.8, 4) is 0 Å². The molecule has 0 saturated carbocycles. The fourth-order valence-electron chi connectivity index (χ4n) is 2.53. The molecule has 110 valence electrons. The predicted molar refractivity (Wildman–Crippen MR) is 76.5 cm³/mol. The standard InChI is InChI=1S/C15H21FN2O2/c1-3-18-8-6-12(7-9-18)17-14-5-4-11(16)10-13(14)15(19)20-2/h4-5,10,12,17H,3,6-9H2,1-2H3. The molecule has 0 radical (unpaired) electrons. The number of benzene rings is 1. The van der Waals surface area contributed by atoms with Crippen LogP contribution in [0.15, 0.2) is 18.2 Å². The van der Waals surface area contributed by atoms with E-state index in [2.05, 4.69) is 17.1 Å². The van der Waals surface area contributed by atoms with Gasteiger partial charge in [-0.25, -0.2) is 9.18 Å². The first-order valence-corrected chi connectivity index (χ1v) is 7.00. The van der Waals surface area contributed by atoms with Crippen molar-refractivity contribution in [3.05, 3.63) is 29.6 Å². The highest BCUT2D eigenvalue weighted by Crippen LogP contribution is 2.22. The van der Waals surface area contributed by atoms with Gasteiger partial charge in [-0.2, -0.15) is 0 Å². The summed E-state index contributed by atoms with van der Waals surface area (Å²) in [5.41, 5.74) is 0.901. The van der Waals surface area contributed by atoms with Gasteiger partial charge in [-0.05, 0) is 37.6 Å². The van der Waals surface area contributed by atoms with Gasteiger partial charge in [0.05, 0.1) is 12.7 Å². The number of esters is 1. The number of hydrogen-bond donors (Lipinski definition) is 1. The van der Waals surface area contributed by atoms with Crippen LogP contribution in [0.1, 0.15) is 30.1 Å². The van der Waals surface area contributed by atoms with E-state index in [1.807, 2.05) is 0 Å². The summed E-state index contributed by atoms with van der Waals surface area (Å²) in [6.07, 6.45) is 2.04. The van der Waals surface area contributed by atoms with Gasteiger partial charge in [0.2, 0.25) is 0 Å². The van der Waals surface area contributed by atoms with Gasteiger partial charge in [0.25, 0.3) is 0 Å². The monoisotopic (exact) mass is 280 g/mol. The highest BCUT2D eigenvalue weighted by Gasteiger charge is 2.20. The van der Waals surface area contributed by atoms with E-state index in [1.54, 1.807) is 6.07 Å². The second kappa shape index (κ2) is 6.70. The summed E-state index contributed by atoms with van der Waals surface area (Å²) in [6, 6.07) is 4.49. The molecule has 1 heterocycles. The maximum absolute atomic E-state index is 13.3. The van der Waals surface area contributed by atoms with Gasteiger partial charge in [0, 0.05) is 24.8 Å². The molecular formula is C15H21FN2O2. The van der Waals surface area contributed by atoms with Crippen molar-refractivity contribution in [2.24, 2.45) is 0 Å². The Morgan fingerprint density at radius 3 is 2.75 bits per heavy atom. The van der Waals surface area contributed by atoms with Crippen LogP contribution in [-0.4, -0.2) is 43.7 Å². The molecule has 0 unspecified atom stereocenters.